The van der Waals surface area contributed by atoms with E-state index in [4.69, 9.17) is 14.2 Å². The van der Waals surface area contributed by atoms with E-state index in [-0.39, 0.29) is 23.5 Å². The van der Waals surface area contributed by atoms with E-state index in [1.165, 1.54) is 25.3 Å². The maximum Gasteiger partial charge on any atom is 0.342 e. The van der Waals surface area contributed by atoms with E-state index in [0.29, 0.717) is 17.1 Å². The first kappa shape index (κ1) is 20.3. The van der Waals surface area contributed by atoms with Gasteiger partial charge in [-0.1, -0.05) is 48.5 Å². The third-order valence-electron chi connectivity index (χ3n) is 5.17. The van der Waals surface area contributed by atoms with Crippen LogP contribution in [0.15, 0.2) is 66.7 Å². The summed E-state index contributed by atoms with van der Waals surface area (Å²) in [4.78, 5) is 24.7. The Bertz CT molecular complexity index is 1120. The van der Waals surface area contributed by atoms with Crippen molar-refractivity contribution in [2.24, 2.45) is 0 Å². The first-order valence-corrected chi connectivity index (χ1v) is 9.60. The zero-order valence-corrected chi connectivity index (χ0v) is 16.6. The number of carboxylic acid groups (broad SMARTS) is 1. The Balaban J connectivity index is 1.71. The van der Waals surface area contributed by atoms with Gasteiger partial charge in [0, 0.05) is 0 Å². The summed E-state index contributed by atoms with van der Waals surface area (Å²) in [6.45, 7) is 0.282. The van der Waals surface area contributed by atoms with Gasteiger partial charge in [0.15, 0.2) is 11.5 Å². The molecule has 0 aliphatic carbocycles. The number of esters is 1. The predicted octanol–water partition coefficient (Wildman–Crippen LogP) is 4.06. The molecule has 0 saturated carbocycles. The average Bonchev–Trinajstić information content (AvgIpc) is 2.77. The SMILES string of the molecule is COc1ccc(C2OC(=O)c3c(O)cccc3C2C(=O)O)cc1OCc1ccccc1. The average molecular weight is 420 g/mol. The highest BCUT2D eigenvalue weighted by Crippen LogP contribution is 2.45. The van der Waals surface area contributed by atoms with Gasteiger partial charge in [-0.3, -0.25) is 4.79 Å². The molecule has 31 heavy (non-hydrogen) atoms. The Hall–Kier alpha value is -4.00. The van der Waals surface area contributed by atoms with Crippen LogP contribution < -0.4 is 9.47 Å². The number of carboxylic acids is 1. The van der Waals surface area contributed by atoms with Crippen molar-refractivity contribution in [3.63, 3.8) is 0 Å². The van der Waals surface area contributed by atoms with Crippen LogP contribution in [0.3, 0.4) is 0 Å². The van der Waals surface area contributed by atoms with Crippen LogP contribution in [0.1, 0.15) is 39.1 Å². The molecule has 2 atom stereocenters. The molecule has 7 nitrogen and oxygen atoms in total. The van der Waals surface area contributed by atoms with Crippen LogP contribution in [-0.2, 0) is 16.1 Å². The van der Waals surface area contributed by atoms with Crippen LogP contribution >= 0.6 is 0 Å². The molecule has 1 aliphatic rings. The number of aromatic hydroxyl groups is 1. The third-order valence-corrected chi connectivity index (χ3v) is 5.17. The molecule has 0 fully saturated rings. The monoisotopic (exact) mass is 420 g/mol. The van der Waals surface area contributed by atoms with E-state index in [9.17, 15) is 19.8 Å². The van der Waals surface area contributed by atoms with Crippen LogP contribution in [0.2, 0.25) is 0 Å². The minimum atomic E-state index is -1.19. The summed E-state index contributed by atoms with van der Waals surface area (Å²) < 4.78 is 16.7. The van der Waals surface area contributed by atoms with Gasteiger partial charge in [0.25, 0.3) is 0 Å². The number of hydrogen-bond donors (Lipinski definition) is 2. The normalized spacial score (nSPS) is 17.4. The summed E-state index contributed by atoms with van der Waals surface area (Å²) in [5, 5.41) is 19.9. The molecule has 7 heteroatoms. The number of cyclic esters (lactones) is 1. The maximum atomic E-state index is 12.5. The van der Waals surface area contributed by atoms with E-state index in [2.05, 4.69) is 0 Å². The number of phenolic OH excluding ortho intramolecular Hbond substituents is 1. The van der Waals surface area contributed by atoms with Gasteiger partial charge in [-0.05, 0) is 34.9 Å². The summed E-state index contributed by atoms with van der Waals surface area (Å²) in [5.74, 6) is -2.59. The molecule has 1 heterocycles. The molecule has 4 rings (SSSR count). The lowest BCUT2D eigenvalue weighted by Crippen LogP contribution is -2.31. The zero-order valence-electron chi connectivity index (χ0n) is 16.6. The van der Waals surface area contributed by atoms with Crippen molar-refractivity contribution in [3.8, 4) is 17.2 Å². The second-order valence-corrected chi connectivity index (χ2v) is 7.07. The Morgan fingerprint density at radius 2 is 1.81 bits per heavy atom. The molecular weight excluding hydrogens is 400 g/mol. The van der Waals surface area contributed by atoms with Crippen molar-refractivity contribution in [1.29, 1.82) is 0 Å². The number of methoxy groups -OCH3 is 1. The number of phenols is 1. The fourth-order valence-corrected chi connectivity index (χ4v) is 3.69. The molecule has 0 saturated heterocycles. The molecule has 0 aromatic heterocycles. The highest BCUT2D eigenvalue weighted by molar-refractivity contribution is 5.98. The summed E-state index contributed by atoms with van der Waals surface area (Å²) in [7, 11) is 1.50. The van der Waals surface area contributed by atoms with E-state index in [1.54, 1.807) is 18.2 Å². The fourth-order valence-electron chi connectivity index (χ4n) is 3.69. The Morgan fingerprint density at radius 1 is 1.03 bits per heavy atom. The first-order valence-electron chi connectivity index (χ1n) is 9.60. The first-order chi connectivity index (χ1) is 15.0. The zero-order chi connectivity index (χ0) is 22.0. The van der Waals surface area contributed by atoms with Crippen LogP contribution in [0.25, 0.3) is 0 Å². The highest BCUT2D eigenvalue weighted by Gasteiger charge is 2.42. The molecule has 158 valence electrons. The van der Waals surface area contributed by atoms with Gasteiger partial charge in [-0.15, -0.1) is 0 Å². The van der Waals surface area contributed by atoms with Crippen LogP contribution in [0.5, 0.6) is 17.2 Å². The number of rotatable bonds is 6. The van der Waals surface area contributed by atoms with Crippen molar-refractivity contribution in [3.05, 3.63) is 89.0 Å². The minimum absolute atomic E-state index is 0.125. The van der Waals surface area contributed by atoms with Gasteiger partial charge in [-0.25, -0.2) is 4.79 Å². The van der Waals surface area contributed by atoms with E-state index in [0.717, 1.165) is 5.56 Å². The van der Waals surface area contributed by atoms with Crippen molar-refractivity contribution in [1.82, 2.24) is 0 Å². The molecule has 0 radical (unpaired) electrons. The Kier molecular flexibility index (Phi) is 5.49. The smallest absolute Gasteiger partial charge is 0.342 e. The topological polar surface area (TPSA) is 102 Å². The molecule has 2 unspecified atom stereocenters. The number of aliphatic carboxylic acids is 1. The standard InChI is InChI=1S/C24H20O7/c1-29-18-11-10-15(12-19(18)30-13-14-6-3-2-4-7-14)22-21(23(26)27)16-8-5-9-17(25)20(16)24(28)31-22/h2-12,21-22,25H,13H2,1H3,(H,26,27). The summed E-state index contributed by atoms with van der Waals surface area (Å²) in [6.07, 6.45) is -1.09. The molecule has 0 amide bonds. The van der Waals surface area contributed by atoms with Gasteiger partial charge in [-0.2, -0.15) is 0 Å². The van der Waals surface area contributed by atoms with Crippen LogP contribution in [0, 0.1) is 0 Å². The van der Waals surface area contributed by atoms with Gasteiger partial charge >= 0.3 is 11.9 Å². The van der Waals surface area contributed by atoms with E-state index in [1.807, 2.05) is 30.3 Å². The lowest BCUT2D eigenvalue weighted by Gasteiger charge is -2.31. The lowest BCUT2D eigenvalue weighted by atomic mass is 9.83. The second-order valence-electron chi connectivity index (χ2n) is 7.07. The largest absolute Gasteiger partial charge is 0.507 e. The Morgan fingerprint density at radius 3 is 2.52 bits per heavy atom. The van der Waals surface area contributed by atoms with E-state index < -0.39 is 24.0 Å². The van der Waals surface area contributed by atoms with Crippen LogP contribution in [0.4, 0.5) is 0 Å². The Labute approximate surface area is 178 Å². The third kappa shape index (κ3) is 3.90. The fraction of sp³-hybridized carbons (Fsp3) is 0.167. The molecule has 3 aromatic carbocycles. The molecule has 2 N–H and O–H groups in total. The van der Waals surface area contributed by atoms with Gasteiger partial charge in [0.1, 0.15) is 29.9 Å². The minimum Gasteiger partial charge on any atom is -0.507 e. The number of benzene rings is 3. The molecule has 0 bridgehead atoms. The predicted molar refractivity (Wildman–Crippen MR) is 110 cm³/mol. The number of fused-ring (bicyclic) bond motifs is 1. The number of ether oxygens (including phenoxy) is 3. The van der Waals surface area contributed by atoms with E-state index >= 15 is 0 Å². The molecular formula is C24H20O7. The van der Waals surface area contributed by atoms with Gasteiger partial charge in [0.2, 0.25) is 0 Å². The quantitative estimate of drug-likeness (QED) is 0.580. The van der Waals surface area contributed by atoms with Crippen molar-refractivity contribution in [2.45, 2.75) is 18.6 Å². The van der Waals surface area contributed by atoms with Crippen molar-refractivity contribution >= 4 is 11.9 Å². The van der Waals surface area contributed by atoms with Gasteiger partial charge in [0.05, 0.1) is 7.11 Å². The van der Waals surface area contributed by atoms with Crippen molar-refractivity contribution in [2.75, 3.05) is 7.11 Å². The second kappa shape index (κ2) is 8.39. The summed E-state index contributed by atoms with van der Waals surface area (Å²) in [5.41, 5.74) is 1.47. The van der Waals surface area contributed by atoms with Gasteiger partial charge < -0.3 is 24.4 Å². The maximum absolute atomic E-state index is 12.5. The van der Waals surface area contributed by atoms with Crippen LogP contribution in [-0.4, -0.2) is 29.3 Å². The highest BCUT2D eigenvalue weighted by atomic mass is 16.5. The summed E-state index contributed by atoms with van der Waals surface area (Å²) in [6, 6.07) is 18.8. The number of carbonyl (C=O) groups excluding carboxylic acids is 1. The number of carbonyl (C=O) groups is 2. The molecule has 0 spiro atoms. The molecule has 3 aromatic rings. The molecule has 1 aliphatic heterocycles. The number of hydrogen-bond acceptors (Lipinski definition) is 6. The van der Waals surface area contributed by atoms with Crippen molar-refractivity contribution < 1.29 is 34.0 Å². The lowest BCUT2D eigenvalue weighted by molar-refractivity contribution is -0.142. The summed E-state index contributed by atoms with van der Waals surface area (Å²) >= 11 is 0.